The molecule has 0 spiro atoms. The highest BCUT2D eigenvalue weighted by Gasteiger charge is 2.15. The molecule has 0 saturated heterocycles. The summed E-state index contributed by atoms with van der Waals surface area (Å²) in [6.07, 6.45) is 2.28. The first-order valence-electron chi connectivity index (χ1n) is 6.56. The molecule has 0 fully saturated rings. The smallest absolute Gasteiger partial charge is 0.126 e. The summed E-state index contributed by atoms with van der Waals surface area (Å²) in [4.78, 5) is 4.09. The predicted octanol–water partition coefficient (Wildman–Crippen LogP) is 1.43. The van der Waals surface area contributed by atoms with Crippen LogP contribution < -0.4 is 26.5 Å². The highest BCUT2D eigenvalue weighted by atomic mass is 16.5. The monoisotopic (exact) mass is 288 g/mol. The molecule has 0 aliphatic heterocycles. The lowest BCUT2D eigenvalue weighted by Gasteiger charge is -2.18. The van der Waals surface area contributed by atoms with E-state index in [-0.39, 0.29) is 6.04 Å². The Morgan fingerprint density at radius 3 is 2.38 bits per heavy atom. The maximum absolute atomic E-state index is 5.88. The zero-order chi connectivity index (χ0) is 15.2. The van der Waals surface area contributed by atoms with Gasteiger partial charge in [0, 0.05) is 12.3 Å². The molecule has 6 nitrogen and oxygen atoms in total. The molecule has 112 valence electrons. The first-order valence-corrected chi connectivity index (χ1v) is 6.56. The average molecular weight is 288 g/mol. The first kappa shape index (κ1) is 15.1. The molecule has 1 aromatic carbocycles. The molecule has 0 aliphatic carbocycles. The molecule has 1 aromatic heterocycles. The van der Waals surface area contributed by atoms with Crippen LogP contribution in [0.5, 0.6) is 11.5 Å². The van der Waals surface area contributed by atoms with Crippen LogP contribution in [0.25, 0.3) is 0 Å². The standard InChI is InChI=1S/C15H20N4O2/c1-20-12-6-11(7-13(9-12)21-2)14(19-17)8-10-4-3-5-18-15(10)16/h3-7,9,14,19H,8,17H2,1-2H3,(H2,16,18). The van der Waals surface area contributed by atoms with Gasteiger partial charge in [0.25, 0.3) is 0 Å². The van der Waals surface area contributed by atoms with E-state index in [1.165, 1.54) is 0 Å². The van der Waals surface area contributed by atoms with E-state index in [1.54, 1.807) is 20.4 Å². The zero-order valence-electron chi connectivity index (χ0n) is 12.2. The van der Waals surface area contributed by atoms with Crippen molar-refractivity contribution in [2.45, 2.75) is 12.5 Å². The fourth-order valence-electron chi connectivity index (χ4n) is 2.15. The van der Waals surface area contributed by atoms with Gasteiger partial charge in [-0.05, 0) is 35.7 Å². The van der Waals surface area contributed by atoms with Gasteiger partial charge in [-0.1, -0.05) is 6.07 Å². The molecule has 2 aromatic rings. The quantitative estimate of drug-likeness (QED) is 0.550. The molecule has 0 radical (unpaired) electrons. The van der Waals surface area contributed by atoms with Crippen molar-refractivity contribution in [1.29, 1.82) is 0 Å². The summed E-state index contributed by atoms with van der Waals surface area (Å²) in [6, 6.07) is 9.31. The van der Waals surface area contributed by atoms with E-state index < -0.39 is 0 Å². The number of ether oxygens (including phenoxy) is 2. The highest BCUT2D eigenvalue weighted by molar-refractivity contribution is 5.43. The lowest BCUT2D eigenvalue weighted by Crippen LogP contribution is -2.29. The summed E-state index contributed by atoms with van der Waals surface area (Å²) in [5, 5.41) is 0. The number of nitrogen functional groups attached to an aromatic ring is 1. The summed E-state index contributed by atoms with van der Waals surface area (Å²) < 4.78 is 10.6. The summed E-state index contributed by atoms with van der Waals surface area (Å²) >= 11 is 0. The van der Waals surface area contributed by atoms with Crippen molar-refractivity contribution >= 4 is 5.82 Å². The van der Waals surface area contributed by atoms with Gasteiger partial charge in [-0.3, -0.25) is 11.3 Å². The van der Waals surface area contributed by atoms with Gasteiger partial charge in [-0.15, -0.1) is 0 Å². The maximum Gasteiger partial charge on any atom is 0.126 e. The Labute approximate surface area is 124 Å². The van der Waals surface area contributed by atoms with Crippen LogP contribution in [0.3, 0.4) is 0 Å². The number of hydrazine groups is 1. The van der Waals surface area contributed by atoms with Gasteiger partial charge in [0.2, 0.25) is 0 Å². The fraction of sp³-hybridized carbons (Fsp3) is 0.267. The number of aromatic nitrogens is 1. The third-order valence-electron chi connectivity index (χ3n) is 3.33. The molecule has 0 amide bonds. The molecule has 1 atom stereocenters. The molecule has 5 N–H and O–H groups in total. The van der Waals surface area contributed by atoms with Crippen molar-refractivity contribution in [2.24, 2.45) is 5.84 Å². The van der Waals surface area contributed by atoms with Crippen LogP contribution in [0, 0.1) is 0 Å². The van der Waals surface area contributed by atoms with Crippen LogP contribution in [0.2, 0.25) is 0 Å². The largest absolute Gasteiger partial charge is 0.497 e. The molecule has 1 unspecified atom stereocenters. The molecule has 6 heteroatoms. The number of nitrogens with zero attached hydrogens (tertiary/aromatic N) is 1. The van der Waals surface area contributed by atoms with E-state index in [1.807, 2.05) is 30.3 Å². The normalized spacial score (nSPS) is 12.0. The Morgan fingerprint density at radius 1 is 1.19 bits per heavy atom. The predicted molar refractivity (Wildman–Crippen MR) is 82.0 cm³/mol. The van der Waals surface area contributed by atoms with Gasteiger partial charge in [0.15, 0.2) is 0 Å². The Hall–Kier alpha value is -2.31. The fourth-order valence-corrected chi connectivity index (χ4v) is 2.15. The van der Waals surface area contributed by atoms with Crippen molar-refractivity contribution in [2.75, 3.05) is 20.0 Å². The van der Waals surface area contributed by atoms with Crippen LogP contribution in [-0.2, 0) is 6.42 Å². The Bertz CT molecular complexity index is 582. The van der Waals surface area contributed by atoms with Gasteiger partial charge >= 0.3 is 0 Å². The number of nitrogens with one attached hydrogen (secondary N) is 1. The second-order valence-electron chi connectivity index (χ2n) is 4.62. The van der Waals surface area contributed by atoms with Crippen LogP contribution in [-0.4, -0.2) is 19.2 Å². The van der Waals surface area contributed by atoms with Gasteiger partial charge in [-0.2, -0.15) is 0 Å². The molecule has 0 saturated carbocycles. The minimum absolute atomic E-state index is 0.125. The maximum atomic E-state index is 5.88. The Kier molecular flexibility index (Phi) is 4.97. The van der Waals surface area contributed by atoms with Crippen molar-refractivity contribution < 1.29 is 9.47 Å². The minimum Gasteiger partial charge on any atom is -0.497 e. The number of rotatable bonds is 6. The number of anilines is 1. The van der Waals surface area contributed by atoms with Crippen LogP contribution >= 0.6 is 0 Å². The number of nitrogens with two attached hydrogens (primary N) is 2. The zero-order valence-corrected chi connectivity index (χ0v) is 12.2. The molecule has 0 aliphatic rings. The molecular formula is C15H20N4O2. The van der Waals surface area contributed by atoms with Crippen molar-refractivity contribution in [3.8, 4) is 11.5 Å². The topological polar surface area (TPSA) is 95.4 Å². The second-order valence-corrected chi connectivity index (χ2v) is 4.62. The van der Waals surface area contributed by atoms with Gasteiger partial charge in [0.05, 0.1) is 20.3 Å². The third kappa shape index (κ3) is 3.62. The molecule has 0 bridgehead atoms. The summed E-state index contributed by atoms with van der Waals surface area (Å²) in [5.41, 5.74) is 10.6. The van der Waals surface area contributed by atoms with Gasteiger partial charge in [-0.25, -0.2) is 4.98 Å². The number of benzene rings is 1. The molecule has 2 rings (SSSR count). The number of methoxy groups -OCH3 is 2. The number of hydrogen-bond donors (Lipinski definition) is 3. The lowest BCUT2D eigenvalue weighted by molar-refractivity contribution is 0.391. The summed E-state index contributed by atoms with van der Waals surface area (Å²) in [7, 11) is 3.23. The van der Waals surface area contributed by atoms with E-state index in [0.717, 1.165) is 11.1 Å². The van der Waals surface area contributed by atoms with Crippen LogP contribution in [0.4, 0.5) is 5.82 Å². The van der Waals surface area contributed by atoms with Crippen molar-refractivity contribution in [3.05, 3.63) is 47.7 Å². The SMILES string of the molecule is COc1cc(OC)cc(C(Cc2cccnc2N)NN)c1. The number of hydrogen-bond acceptors (Lipinski definition) is 6. The minimum atomic E-state index is -0.125. The van der Waals surface area contributed by atoms with E-state index in [9.17, 15) is 0 Å². The second kappa shape index (κ2) is 6.92. The third-order valence-corrected chi connectivity index (χ3v) is 3.33. The lowest BCUT2D eigenvalue weighted by atomic mass is 9.99. The van der Waals surface area contributed by atoms with Crippen molar-refractivity contribution in [1.82, 2.24) is 10.4 Å². The Balaban J connectivity index is 2.31. The molecule has 1 heterocycles. The van der Waals surface area contributed by atoms with E-state index >= 15 is 0 Å². The van der Waals surface area contributed by atoms with E-state index in [2.05, 4.69) is 10.4 Å². The average Bonchev–Trinajstić information content (AvgIpc) is 2.53. The summed E-state index contributed by atoms with van der Waals surface area (Å²) in [5.74, 6) is 7.62. The van der Waals surface area contributed by atoms with Gasteiger partial charge in [0.1, 0.15) is 17.3 Å². The molecular weight excluding hydrogens is 268 g/mol. The van der Waals surface area contributed by atoms with Gasteiger partial charge < -0.3 is 15.2 Å². The molecule has 21 heavy (non-hydrogen) atoms. The summed E-state index contributed by atoms with van der Waals surface area (Å²) in [6.45, 7) is 0. The number of pyridine rings is 1. The Morgan fingerprint density at radius 2 is 1.86 bits per heavy atom. The highest BCUT2D eigenvalue weighted by Crippen LogP contribution is 2.28. The van der Waals surface area contributed by atoms with Crippen LogP contribution in [0.1, 0.15) is 17.2 Å². The van der Waals surface area contributed by atoms with Crippen LogP contribution in [0.15, 0.2) is 36.5 Å². The first-order chi connectivity index (χ1) is 10.2. The van der Waals surface area contributed by atoms with Crippen molar-refractivity contribution in [3.63, 3.8) is 0 Å². The van der Waals surface area contributed by atoms with E-state index in [0.29, 0.717) is 23.7 Å². The van der Waals surface area contributed by atoms with E-state index in [4.69, 9.17) is 21.1 Å².